The molecule has 2 fully saturated rings. The lowest BCUT2D eigenvalue weighted by Crippen LogP contribution is -2.48. The summed E-state index contributed by atoms with van der Waals surface area (Å²) in [5.41, 5.74) is 5.83. The standard InChI is InChI=1S/C27H31F3N6O6S2/c1-2-11-41-25(38)20(13-17-12-16-5-7-32-23(31)18(16)14-21(17)42-27(28,29)30)36-10-6-19(24(36)37)34-44(39,40)22-15-33-26(43-22)35-8-3-4-9-35/h5,7,12,14-15,19-20,34H,2-4,6,8-11,13H2,1H3,(H2,31,32)/t19?,20-/m1/s1. The lowest BCUT2D eigenvalue weighted by atomic mass is 10.00. The van der Waals surface area contributed by atoms with Crippen LogP contribution in [0.4, 0.5) is 24.1 Å². The largest absolute Gasteiger partial charge is 0.573 e. The number of pyridine rings is 1. The lowest BCUT2D eigenvalue weighted by molar-refractivity contribution is -0.274. The van der Waals surface area contributed by atoms with Gasteiger partial charge < -0.3 is 25.0 Å². The van der Waals surface area contributed by atoms with Gasteiger partial charge in [0, 0.05) is 37.6 Å². The number of hydrogen-bond donors (Lipinski definition) is 2. The Morgan fingerprint density at radius 3 is 2.68 bits per heavy atom. The number of halogens is 3. The van der Waals surface area contributed by atoms with E-state index in [0.717, 1.165) is 48.2 Å². The fourth-order valence-corrected chi connectivity index (χ4v) is 7.68. The molecule has 2 aromatic heterocycles. The van der Waals surface area contributed by atoms with Gasteiger partial charge in [-0.3, -0.25) is 4.79 Å². The lowest BCUT2D eigenvalue weighted by Gasteiger charge is -2.27. The highest BCUT2D eigenvalue weighted by atomic mass is 32.2. The van der Waals surface area contributed by atoms with Crippen molar-refractivity contribution in [3.63, 3.8) is 0 Å². The van der Waals surface area contributed by atoms with Crippen molar-refractivity contribution in [2.75, 3.05) is 36.9 Å². The molecular weight excluding hydrogens is 625 g/mol. The molecule has 3 aromatic rings. The number of nitrogens with one attached hydrogen (secondary N) is 1. The highest BCUT2D eigenvalue weighted by Gasteiger charge is 2.42. The monoisotopic (exact) mass is 656 g/mol. The molecule has 0 spiro atoms. The summed E-state index contributed by atoms with van der Waals surface area (Å²) in [4.78, 5) is 38.0. The van der Waals surface area contributed by atoms with Crippen molar-refractivity contribution in [3.05, 3.63) is 36.2 Å². The topological polar surface area (TPSA) is 157 Å². The number of sulfonamides is 1. The third-order valence-electron chi connectivity index (χ3n) is 7.36. The van der Waals surface area contributed by atoms with Gasteiger partial charge in [0.05, 0.1) is 12.8 Å². The van der Waals surface area contributed by atoms with Crippen LogP contribution in [0.15, 0.2) is 34.8 Å². The molecule has 1 amide bonds. The van der Waals surface area contributed by atoms with Crippen LogP contribution in [0, 0.1) is 0 Å². The number of hydrogen-bond acceptors (Lipinski definition) is 11. The van der Waals surface area contributed by atoms with Crippen LogP contribution in [0.1, 0.15) is 38.2 Å². The molecule has 2 saturated heterocycles. The van der Waals surface area contributed by atoms with E-state index >= 15 is 0 Å². The average Bonchev–Trinajstić information content (AvgIpc) is 3.73. The number of thiazole rings is 1. The fourth-order valence-electron chi connectivity index (χ4n) is 5.27. The molecule has 17 heteroatoms. The summed E-state index contributed by atoms with van der Waals surface area (Å²) in [6.45, 7) is 3.30. The van der Waals surface area contributed by atoms with Crippen LogP contribution in [0.2, 0.25) is 0 Å². The van der Waals surface area contributed by atoms with Gasteiger partial charge in [0.2, 0.25) is 5.91 Å². The van der Waals surface area contributed by atoms with Gasteiger partial charge in [-0.2, -0.15) is 4.72 Å². The molecule has 1 aromatic carbocycles. The van der Waals surface area contributed by atoms with E-state index in [1.807, 2.05) is 4.90 Å². The molecule has 2 aliphatic rings. The van der Waals surface area contributed by atoms with E-state index in [4.69, 9.17) is 10.5 Å². The SMILES string of the molecule is CCCOC(=O)[C@@H](Cc1cc2ccnc(N)c2cc1OC(F)(F)F)N1CCC(NS(=O)(=O)c2cnc(N3CCCC3)s2)C1=O. The highest BCUT2D eigenvalue weighted by molar-refractivity contribution is 7.91. The van der Waals surface area contributed by atoms with Crippen molar-refractivity contribution < 1.29 is 40.7 Å². The number of nitrogens with zero attached hydrogens (tertiary/aromatic N) is 4. The molecule has 2 aliphatic heterocycles. The molecule has 44 heavy (non-hydrogen) atoms. The molecule has 12 nitrogen and oxygen atoms in total. The van der Waals surface area contributed by atoms with E-state index in [1.165, 1.54) is 24.5 Å². The van der Waals surface area contributed by atoms with Crippen LogP contribution in [0.3, 0.4) is 0 Å². The quantitative estimate of drug-likeness (QED) is 0.294. The summed E-state index contributed by atoms with van der Waals surface area (Å²) >= 11 is 0.999. The van der Waals surface area contributed by atoms with Crippen LogP contribution < -0.4 is 20.1 Å². The summed E-state index contributed by atoms with van der Waals surface area (Å²) in [7, 11) is -4.13. The number of amides is 1. The number of rotatable bonds is 11. The van der Waals surface area contributed by atoms with Crippen molar-refractivity contribution in [2.45, 2.75) is 61.7 Å². The fraction of sp³-hybridized carbons (Fsp3) is 0.481. The number of ether oxygens (including phenoxy) is 2. The van der Waals surface area contributed by atoms with Crippen LogP contribution in [0.5, 0.6) is 5.75 Å². The van der Waals surface area contributed by atoms with Crippen LogP contribution >= 0.6 is 11.3 Å². The Labute approximate surface area is 255 Å². The van der Waals surface area contributed by atoms with Gasteiger partial charge in [0.1, 0.15) is 23.7 Å². The molecule has 238 valence electrons. The van der Waals surface area contributed by atoms with Crippen molar-refractivity contribution in [1.82, 2.24) is 19.6 Å². The first-order valence-electron chi connectivity index (χ1n) is 14.0. The number of nitrogens with two attached hydrogens (primary N) is 1. The molecule has 5 rings (SSSR count). The predicted octanol–water partition coefficient (Wildman–Crippen LogP) is 3.22. The predicted molar refractivity (Wildman–Crippen MR) is 156 cm³/mol. The third kappa shape index (κ3) is 6.99. The molecule has 2 atom stereocenters. The van der Waals surface area contributed by atoms with E-state index in [9.17, 15) is 31.2 Å². The van der Waals surface area contributed by atoms with E-state index in [-0.39, 0.29) is 40.5 Å². The minimum Gasteiger partial charge on any atom is -0.464 e. The maximum absolute atomic E-state index is 13.5. The molecular formula is C27H31F3N6O6S2. The maximum atomic E-state index is 13.5. The van der Waals surface area contributed by atoms with Gasteiger partial charge in [0.15, 0.2) is 9.34 Å². The molecule has 3 N–H and O–H groups in total. The second kappa shape index (κ2) is 12.7. The first kappa shape index (κ1) is 31.7. The molecule has 0 bridgehead atoms. The summed E-state index contributed by atoms with van der Waals surface area (Å²) < 4.78 is 78.5. The minimum atomic E-state index is -5.06. The van der Waals surface area contributed by atoms with Crippen molar-refractivity contribution >= 4 is 55.0 Å². The number of anilines is 2. The Hall–Kier alpha value is -3.70. The zero-order valence-corrected chi connectivity index (χ0v) is 25.3. The normalized spacial score (nSPS) is 18.3. The molecule has 0 aliphatic carbocycles. The number of aromatic nitrogens is 2. The summed E-state index contributed by atoms with van der Waals surface area (Å²) in [5, 5.41) is 1.23. The van der Waals surface area contributed by atoms with Crippen LogP contribution in [0.25, 0.3) is 10.8 Å². The smallest absolute Gasteiger partial charge is 0.464 e. The van der Waals surface area contributed by atoms with E-state index in [0.29, 0.717) is 16.9 Å². The number of fused-ring (bicyclic) bond motifs is 1. The summed E-state index contributed by atoms with van der Waals surface area (Å²) in [5.74, 6) is -2.17. The zero-order chi connectivity index (χ0) is 31.6. The Bertz CT molecular complexity index is 1640. The first-order chi connectivity index (χ1) is 20.9. The summed E-state index contributed by atoms with van der Waals surface area (Å²) in [6.07, 6.45) is -0.358. The molecule has 1 unspecified atom stereocenters. The van der Waals surface area contributed by atoms with E-state index in [1.54, 1.807) is 6.92 Å². The number of esters is 1. The first-order valence-corrected chi connectivity index (χ1v) is 16.3. The van der Waals surface area contributed by atoms with Gasteiger partial charge in [-0.1, -0.05) is 18.3 Å². The Morgan fingerprint density at radius 1 is 1.23 bits per heavy atom. The van der Waals surface area contributed by atoms with Crippen molar-refractivity contribution in [1.29, 1.82) is 0 Å². The van der Waals surface area contributed by atoms with Crippen molar-refractivity contribution in [2.24, 2.45) is 0 Å². The number of carbonyl (C=O) groups is 2. The maximum Gasteiger partial charge on any atom is 0.573 e. The molecule has 0 radical (unpaired) electrons. The molecule has 0 saturated carbocycles. The van der Waals surface area contributed by atoms with E-state index in [2.05, 4.69) is 19.4 Å². The Kier molecular flexibility index (Phi) is 9.17. The van der Waals surface area contributed by atoms with Gasteiger partial charge >= 0.3 is 12.3 Å². The molecule has 4 heterocycles. The van der Waals surface area contributed by atoms with Gasteiger partial charge in [-0.15, -0.1) is 13.2 Å². The number of benzene rings is 1. The Morgan fingerprint density at radius 2 is 1.98 bits per heavy atom. The summed E-state index contributed by atoms with van der Waals surface area (Å²) in [6, 6.07) is 1.45. The average molecular weight is 657 g/mol. The number of alkyl halides is 3. The zero-order valence-electron chi connectivity index (χ0n) is 23.7. The van der Waals surface area contributed by atoms with Gasteiger partial charge in [0.25, 0.3) is 10.0 Å². The third-order valence-corrected chi connectivity index (χ3v) is 10.4. The number of likely N-dealkylation sites (tertiary alicyclic amines) is 1. The van der Waals surface area contributed by atoms with Crippen LogP contribution in [-0.2, 0) is 30.8 Å². The number of nitrogen functional groups attached to an aromatic ring is 1. The van der Waals surface area contributed by atoms with Crippen molar-refractivity contribution in [3.8, 4) is 5.75 Å². The number of carbonyl (C=O) groups excluding carboxylic acids is 2. The van der Waals surface area contributed by atoms with E-state index < -0.39 is 52.5 Å². The van der Waals surface area contributed by atoms with Gasteiger partial charge in [-0.25, -0.2) is 23.2 Å². The second-order valence-corrected chi connectivity index (χ2v) is 13.4. The van der Waals surface area contributed by atoms with Gasteiger partial charge in [-0.05, 0) is 54.8 Å². The second-order valence-electron chi connectivity index (χ2n) is 10.5. The minimum absolute atomic E-state index is 0.0154. The Balaban J connectivity index is 1.41. The highest BCUT2D eigenvalue weighted by Crippen LogP contribution is 2.35. The van der Waals surface area contributed by atoms with Crippen LogP contribution in [-0.4, -0.2) is 79.8 Å².